The molecule has 1 unspecified atom stereocenters. The lowest BCUT2D eigenvalue weighted by atomic mass is 10.1. The monoisotopic (exact) mass is 431 g/mol. The van der Waals surface area contributed by atoms with Gasteiger partial charge in [0.1, 0.15) is 22.7 Å². The van der Waals surface area contributed by atoms with Crippen LogP contribution in [0.2, 0.25) is 0 Å². The van der Waals surface area contributed by atoms with Crippen LogP contribution in [0, 0.1) is 5.82 Å². The Morgan fingerprint density at radius 2 is 2.00 bits per heavy atom. The van der Waals surface area contributed by atoms with Crippen molar-refractivity contribution in [3.8, 4) is 5.69 Å². The first-order valence-electron chi connectivity index (χ1n) is 10.4. The molecule has 5 rings (SSSR count). The Balaban J connectivity index is 1.68. The first kappa shape index (κ1) is 19.9. The maximum atomic E-state index is 14.6. The van der Waals surface area contributed by atoms with Crippen LogP contribution < -0.4 is 16.2 Å². The van der Waals surface area contributed by atoms with Gasteiger partial charge in [0.05, 0.1) is 29.9 Å². The van der Waals surface area contributed by atoms with Gasteiger partial charge in [0.15, 0.2) is 12.0 Å². The van der Waals surface area contributed by atoms with Gasteiger partial charge in [-0.15, -0.1) is 0 Å². The lowest BCUT2D eigenvalue weighted by molar-refractivity contribution is 0.413. The molecular weight excluding hydrogens is 409 g/mol. The Bertz CT molecular complexity index is 1330. The molecule has 3 aromatic rings. The van der Waals surface area contributed by atoms with Crippen LogP contribution in [0.4, 0.5) is 4.39 Å². The summed E-state index contributed by atoms with van der Waals surface area (Å²) in [4.78, 5) is 29.0. The number of para-hydroxylation sites is 1. The molecule has 9 heteroatoms. The molecule has 2 aliphatic rings. The van der Waals surface area contributed by atoms with Gasteiger partial charge in [-0.3, -0.25) is 9.36 Å². The number of rotatable bonds is 5. The van der Waals surface area contributed by atoms with Gasteiger partial charge in [0.2, 0.25) is 0 Å². The van der Waals surface area contributed by atoms with Crippen molar-refractivity contribution in [2.24, 2.45) is 9.98 Å². The molecule has 0 fully saturated rings. The average molecular weight is 431 g/mol. The summed E-state index contributed by atoms with van der Waals surface area (Å²) in [6.07, 6.45) is 3.79. The number of fused-ring (bicyclic) bond motifs is 2. The topological polar surface area (TPSA) is 86.9 Å². The minimum absolute atomic E-state index is 0.0276. The molecule has 0 aliphatic carbocycles. The molecule has 3 heterocycles. The molecule has 1 aromatic heterocycles. The summed E-state index contributed by atoms with van der Waals surface area (Å²) in [6.45, 7) is 1.99. The van der Waals surface area contributed by atoms with Crippen molar-refractivity contribution in [1.82, 2.24) is 25.1 Å². The second-order valence-corrected chi connectivity index (χ2v) is 7.65. The Kier molecular flexibility index (Phi) is 4.93. The van der Waals surface area contributed by atoms with Gasteiger partial charge in [-0.2, -0.15) is 0 Å². The van der Waals surface area contributed by atoms with E-state index in [0.717, 1.165) is 5.70 Å². The Hall–Kier alpha value is -4.01. The minimum atomic E-state index is -0.586. The molecule has 0 spiro atoms. The molecule has 0 saturated heterocycles. The van der Waals surface area contributed by atoms with E-state index in [1.807, 2.05) is 49.2 Å². The summed E-state index contributed by atoms with van der Waals surface area (Å²) >= 11 is 0. The SMILES string of the molecule is CC[C@H](NC1=C2NC=NC2N(C)C=N1)c1nc2cccc(F)c2c(=O)n1-c1ccccc1. The first-order chi connectivity index (χ1) is 15.6. The predicted octanol–water partition coefficient (Wildman–Crippen LogP) is 2.67. The van der Waals surface area contributed by atoms with E-state index in [0.29, 0.717) is 29.3 Å². The second-order valence-electron chi connectivity index (χ2n) is 7.65. The van der Waals surface area contributed by atoms with Crippen molar-refractivity contribution < 1.29 is 4.39 Å². The average Bonchev–Trinajstić information content (AvgIpc) is 3.30. The summed E-state index contributed by atoms with van der Waals surface area (Å²) < 4.78 is 16.1. The second kappa shape index (κ2) is 7.92. The van der Waals surface area contributed by atoms with Crippen LogP contribution in [0.25, 0.3) is 16.6 Å². The van der Waals surface area contributed by atoms with Crippen LogP contribution in [-0.4, -0.2) is 40.3 Å². The van der Waals surface area contributed by atoms with Gasteiger partial charge in [-0.05, 0) is 30.7 Å². The number of nitrogens with one attached hydrogen (secondary N) is 2. The molecule has 2 N–H and O–H groups in total. The Labute approximate surface area is 183 Å². The molecule has 0 bridgehead atoms. The summed E-state index contributed by atoms with van der Waals surface area (Å²) in [5.41, 5.74) is 1.32. The predicted molar refractivity (Wildman–Crippen MR) is 122 cm³/mol. The fourth-order valence-corrected chi connectivity index (χ4v) is 4.00. The van der Waals surface area contributed by atoms with Gasteiger partial charge in [-0.25, -0.2) is 19.4 Å². The van der Waals surface area contributed by atoms with Crippen molar-refractivity contribution in [2.75, 3.05) is 7.05 Å². The molecule has 2 aliphatic heterocycles. The number of aliphatic imine (C=N–C) groups is 2. The highest BCUT2D eigenvalue weighted by Crippen LogP contribution is 2.25. The first-order valence-corrected chi connectivity index (χ1v) is 10.4. The van der Waals surface area contributed by atoms with Gasteiger partial charge in [0, 0.05) is 7.05 Å². The third-order valence-electron chi connectivity index (χ3n) is 5.62. The van der Waals surface area contributed by atoms with Crippen LogP contribution in [0.15, 0.2) is 74.8 Å². The van der Waals surface area contributed by atoms with E-state index in [1.54, 1.807) is 24.8 Å². The van der Waals surface area contributed by atoms with E-state index < -0.39 is 11.4 Å². The summed E-state index contributed by atoms with van der Waals surface area (Å²) in [5.74, 6) is 0.530. The lowest BCUT2D eigenvalue weighted by Crippen LogP contribution is -2.39. The number of nitrogens with zero attached hydrogens (tertiary/aromatic N) is 5. The fourth-order valence-electron chi connectivity index (χ4n) is 4.00. The largest absolute Gasteiger partial charge is 0.358 e. The molecule has 8 nitrogen and oxygen atoms in total. The number of benzene rings is 2. The third kappa shape index (κ3) is 3.22. The van der Waals surface area contributed by atoms with E-state index in [2.05, 4.69) is 20.6 Å². The normalized spacial score (nSPS) is 18.1. The zero-order valence-electron chi connectivity index (χ0n) is 17.7. The van der Waals surface area contributed by atoms with Crippen LogP contribution >= 0.6 is 0 Å². The van der Waals surface area contributed by atoms with Gasteiger partial charge in [-0.1, -0.05) is 31.2 Å². The molecule has 0 amide bonds. The van der Waals surface area contributed by atoms with Crippen molar-refractivity contribution in [3.63, 3.8) is 0 Å². The van der Waals surface area contributed by atoms with Gasteiger partial charge < -0.3 is 15.5 Å². The molecule has 2 atom stereocenters. The smallest absolute Gasteiger partial charge is 0.269 e. The maximum absolute atomic E-state index is 14.6. The highest BCUT2D eigenvalue weighted by molar-refractivity contribution is 5.78. The summed E-state index contributed by atoms with van der Waals surface area (Å²) in [6, 6.07) is 13.3. The zero-order valence-corrected chi connectivity index (χ0v) is 17.7. The lowest BCUT2D eigenvalue weighted by Gasteiger charge is -2.29. The number of aromatic nitrogens is 2. The van der Waals surface area contributed by atoms with E-state index in [-0.39, 0.29) is 17.6 Å². The van der Waals surface area contributed by atoms with E-state index in [9.17, 15) is 9.18 Å². The quantitative estimate of drug-likeness (QED) is 0.649. The minimum Gasteiger partial charge on any atom is -0.358 e. The molecule has 162 valence electrons. The maximum Gasteiger partial charge on any atom is 0.269 e. The highest BCUT2D eigenvalue weighted by Gasteiger charge is 2.29. The van der Waals surface area contributed by atoms with E-state index in [1.165, 1.54) is 10.6 Å². The van der Waals surface area contributed by atoms with Gasteiger partial charge in [0.25, 0.3) is 5.56 Å². The standard InChI is InChI=1S/C23H22FN7O/c1-3-16(28-20-19-22(26-12-25-19)30(2)13-27-20)21-29-17-11-7-10-15(24)18(17)23(32)31(21)14-8-5-4-6-9-14/h4-13,16,22,28H,3H2,1-2H3,(H,25,26)/t16-,22?/m0/s1. The number of likely N-dealkylation sites (N-methyl/N-ethyl adjacent to an activating group) is 1. The number of hydrogen-bond acceptors (Lipinski definition) is 7. The summed E-state index contributed by atoms with van der Waals surface area (Å²) in [7, 11) is 1.90. The van der Waals surface area contributed by atoms with E-state index in [4.69, 9.17) is 4.98 Å². The highest BCUT2D eigenvalue weighted by atomic mass is 19.1. The number of hydrogen-bond donors (Lipinski definition) is 2. The van der Waals surface area contributed by atoms with Gasteiger partial charge >= 0.3 is 0 Å². The number of halogens is 1. The third-order valence-corrected chi connectivity index (χ3v) is 5.62. The van der Waals surface area contributed by atoms with Crippen molar-refractivity contribution >= 4 is 23.6 Å². The zero-order chi connectivity index (χ0) is 22.2. The summed E-state index contributed by atoms with van der Waals surface area (Å²) in [5, 5.41) is 6.55. The van der Waals surface area contributed by atoms with E-state index >= 15 is 0 Å². The van der Waals surface area contributed by atoms with Crippen LogP contribution in [-0.2, 0) is 0 Å². The molecule has 2 aromatic carbocycles. The van der Waals surface area contributed by atoms with Crippen molar-refractivity contribution in [3.05, 3.63) is 82.0 Å². The Morgan fingerprint density at radius 3 is 2.78 bits per heavy atom. The van der Waals surface area contributed by atoms with Crippen LogP contribution in [0.3, 0.4) is 0 Å². The molecule has 0 radical (unpaired) electrons. The van der Waals surface area contributed by atoms with Crippen LogP contribution in [0.5, 0.6) is 0 Å². The fraction of sp³-hybridized carbons (Fsp3) is 0.217. The van der Waals surface area contributed by atoms with Crippen LogP contribution in [0.1, 0.15) is 25.2 Å². The molecule has 0 saturated carbocycles. The molecule has 32 heavy (non-hydrogen) atoms. The van der Waals surface area contributed by atoms with Crippen molar-refractivity contribution in [1.29, 1.82) is 0 Å². The Morgan fingerprint density at radius 1 is 1.19 bits per heavy atom. The van der Waals surface area contributed by atoms with Crippen molar-refractivity contribution in [2.45, 2.75) is 25.6 Å². The molecular formula is C23H22FN7O.